The lowest BCUT2D eigenvalue weighted by molar-refractivity contribution is 0.199. The lowest BCUT2D eigenvalue weighted by Crippen LogP contribution is -2.30. The molecule has 1 atom stereocenters. The molecule has 1 aromatic carbocycles. The van der Waals surface area contributed by atoms with Crippen LogP contribution in [-0.2, 0) is 6.54 Å². The molecular formula is C16H20FNOS. The van der Waals surface area contributed by atoms with Gasteiger partial charge >= 0.3 is 0 Å². The van der Waals surface area contributed by atoms with Gasteiger partial charge in [0.15, 0.2) is 0 Å². The highest BCUT2D eigenvalue weighted by atomic mass is 32.1. The molecule has 0 aliphatic heterocycles. The van der Waals surface area contributed by atoms with Gasteiger partial charge in [-0.15, -0.1) is 11.3 Å². The van der Waals surface area contributed by atoms with E-state index in [2.05, 4.69) is 19.9 Å². The minimum atomic E-state index is -0.650. The zero-order chi connectivity index (χ0) is 14.7. The average Bonchev–Trinajstić information content (AvgIpc) is 2.89. The zero-order valence-electron chi connectivity index (χ0n) is 12.0. The molecule has 20 heavy (non-hydrogen) atoms. The Labute approximate surface area is 123 Å². The lowest BCUT2D eigenvalue weighted by Gasteiger charge is -2.29. The van der Waals surface area contributed by atoms with Crippen molar-refractivity contribution in [1.82, 2.24) is 0 Å². The summed E-state index contributed by atoms with van der Waals surface area (Å²) in [7, 11) is 0. The van der Waals surface area contributed by atoms with E-state index in [0.29, 0.717) is 17.8 Å². The van der Waals surface area contributed by atoms with E-state index in [1.54, 1.807) is 30.4 Å². The van der Waals surface area contributed by atoms with Crippen LogP contribution < -0.4 is 4.90 Å². The molecule has 1 aromatic heterocycles. The molecule has 0 spiro atoms. The maximum atomic E-state index is 14.3. The number of thiophene rings is 1. The molecule has 0 saturated heterocycles. The number of aliphatic hydroxyl groups is 1. The first-order chi connectivity index (χ1) is 9.49. The Kier molecular flexibility index (Phi) is 4.78. The predicted molar refractivity (Wildman–Crippen MR) is 82.7 cm³/mol. The molecule has 108 valence electrons. The van der Waals surface area contributed by atoms with Crippen LogP contribution in [0.15, 0.2) is 35.7 Å². The molecule has 0 aliphatic rings. The maximum Gasteiger partial charge on any atom is 0.146 e. The Morgan fingerprint density at radius 1 is 1.25 bits per heavy atom. The van der Waals surface area contributed by atoms with Crippen molar-refractivity contribution >= 4 is 17.0 Å². The molecular weight excluding hydrogens is 273 g/mol. The fraction of sp³-hybridized carbons (Fsp3) is 0.375. The lowest BCUT2D eigenvalue weighted by atomic mass is 10.1. The molecule has 0 bridgehead atoms. The number of benzene rings is 1. The van der Waals surface area contributed by atoms with Crippen LogP contribution in [0.2, 0.25) is 0 Å². The number of halogens is 1. The summed E-state index contributed by atoms with van der Waals surface area (Å²) in [6, 6.07) is 9.22. The summed E-state index contributed by atoms with van der Waals surface area (Å²) >= 11 is 1.67. The van der Waals surface area contributed by atoms with E-state index in [1.807, 2.05) is 16.3 Å². The van der Waals surface area contributed by atoms with Gasteiger partial charge in [-0.1, -0.05) is 12.1 Å². The first-order valence-corrected chi connectivity index (χ1v) is 7.63. The average molecular weight is 293 g/mol. The second-order valence-corrected chi connectivity index (χ2v) is 6.22. The number of nitrogens with zero attached hydrogens (tertiary/aromatic N) is 1. The summed E-state index contributed by atoms with van der Waals surface area (Å²) in [6.45, 7) is 6.44. The third-order valence-electron chi connectivity index (χ3n) is 3.29. The van der Waals surface area contributed by atoms with Crippen molar-refractivity contribution in [3.8, 4) is 0 Å². The molecule has 2 rings (SSSR count). The summed E-state index contributed by atoms with van der Waals surface area (Å²) in [6.07, 6.45) is -0.650. The van der Waals surface area contributed by atoms with E-state index < -0.39 is 6.10 Å². The minimum absolute atomic E-state index is 0.198. The fourth-order valence-corrected chi connectivity index (χ4v) is 2.83. The van der Waals surface area contributed by atoms with Crippen LogP contribution in [0.4, 0.5) is 10.1 Å². The summed E-state index contributed by atoms with van der Waals surface area (Å²) in [4.78, 5) is 3.24. The maximum absolute atomic E-state index is 14.3. The van der Waals surface area contributed by atoms with Gasteiger partial charge in [0.05, 0.1) is 18.3 Å². The second kappa shape index (κ2) is 6.37. The van der Waals surface area contributed by atoms with Gasteiger partial charge < -0.3 is 10.0 Å². The van der Waals surface area contributed by atoms with E-state index in [9.17, 15) is 9.50 Å². The van der Waals surface area contributed by atoms with E-state index >= 15 is 0 Å². The zero-order valence-corrected chi connectivity index (χ0v) is 12.8. The van der Waals surface area contributed by atoms with E-state index in [1.165, 1.54) is 10.9 Å². The Balaban J connectivity index is 2.30. The monoisotopic (exact) mass is 293 g/mol. The molecule has 1 heterocycles. The van der Waals surface area contributed by atoms with Crippen LogP contribution in [0.5, 0.6) is 0 Å². The molecule has 4 heteroatoms. The van der Waals surface area contributed by atoms with Gasteiger partial charge in [0.1, 0.15) is 5.82 Å². The van der Waals surface area contributed by atoms with Crippen LogP contribution in [0, 0.1) is 5.82 Å². The number of hydrogen-bond acceptors (Lipinski definition) is 3. The van der Waals surface area contributed by atoms with Crippen molar-refractivity contribution in [1.29, 1.82) is 0 Å². The van der Waals surface area contributed by atoms with Crippen molar-refractivity contribution in [2.24, 2.45) is 0 Å². The number of hydrogen-bond donors (Lipinski definition) is 1. The summed E-state index contributed by atoms with van der Waals surface area (Å²) in [5.74, 6) is -0.284. The van der Waals surface area contributed by atoms with Crippen LogP contribution >= 0.6 is 11.3 Å². The van der Waals surface area contributed by atoms with Crippen molar-refractivity contribution in [3.05, 3.63) is 52.0 Å². The molecule has 0 aliphatic carbocycles. The summed E-state index contributed by atoms with van der Waals surface area (Å²) in [5.41, 5.74) is 1.18. The predicted octanol–water partition coefficient (Wildman–Crippen LogP) is 4.36. The first-order valence-electron chi connectivity index (χ1n) is 6.75. The van der Waals surface area contributed by atoms with Crippen LogP contribution in [0.25, 0.3) is 0 Å². The normalized spacial score (nSPS) is 12.7. The number of aliphatic hydroxyl groups excluding tert-OH is 1. The Hall–Kier alpha value is -1.39. The smallest absolute Gasteiger partial charge is 0.146 e. The van der Waals surface area contributed by atoms with Gasteiger partial charge in [-0.2, -0.15) is 0 Å². The third kappa shape index (κ3) is 3.38. The van der Waals surface area contributed by atoms with Crippen molar-refractivity contribution < 1.29 is 9.50 Å². The topological polar surface area (TPSA) is 23.5 Å². The Bertz CT molecular complexity index is 552. The highest BCUT2D eigenvalue weighted by molar-refractivity contribution is 7.09. The second-order valence-electron chi connectivity index (χ2n) is 5.19. The molecule has 2 nitrogen and oxygen atoms in total. The van der Waals surface area contributed by atoms with Crippen LogP contribution in [0.3, 0.4) is 0 Å². The SMILES string of the molecule is CC(C)N(Cc1cccs1)c1ccc([C@@H](C)O)cc1F. The Morgan fingerprint density at radius 3 is 2.50 bits per heavy atom. The largest absolute Gasteiger partial charge is 0.389 e. The molecule has 1 N–H and O–H groups in total. The highest BCUT2D eigenvalue weighted by Gasteiger charge is 2.17. The molecule has 0 saturated carbocycles. The van der Waals surface area contributed by atoms with Gasteiger partial charge in [0.25, 0.3) is 0 Å². The van der Waals surface area contributed by atoms with Crippen molar-refractivity contribution in [2.75, 3.05) is 4.90 Å². The van der Waals surface area contributed by atoms with E-state index in [4.69, 9.17) is 0 Å². The third-order valence-corrected chi connectivity index (χ3v) is 4.15. The molecule has 0 amide bonds. The van der Waals surface area contributed by atoms with Crippen LogP contribution in [-0.4, -0.2) is 11.1 Å². The van der Waals surface area contributed by atoms with Crippen LogP contribution in [0.1, 0.15) is 37.3 Å². The van der Waals surface area contributed by atoms with Gasteiger partial charge in [-0.05, 0) is 49.9 Å². The number of rotatable bonds is 5. The van der Waals surface area contributed by atoms with Gasteiger partial charge in [0.2, 0.25) is 0 Å². The molecule has 2 aromatic rings. The van der Waals surface area contributed by atoms with Gasteiger partial charge in [0, 0.05) is 10.9 Å². The molecule has 0 fully saturated rings. The minimum Gasteiger partial charge on any atom is -0.389 e. The summed E-state index contributed by atoms with van der Waals surface area (Å²) < 4.78 is 14.3. The first kappa shape index (κ1) is 15.0. The van der Waals surface area contributed by atoms with Crippen molar-refractivity contribution in [2.45, 2.75) is 39.5 Å². The molecule has 0 unspecified atom stereocenters. The summed E-state index contributed by atoms with van der Waals surface area (Å²) in [5, 5.41) is 11.5. The van der Waals surface area contributed by atoms with Crippen molar-refractivity contribution in [3.63, 3.8) is 0 Å². The Morgan fingerprint density at radius 2 is 2.00 bits per heavy atom. The van der Waals surface area contributed by atoms with Gasteiger partial charge in [-0.3, -0.25) is 0 Å². The van der Waals surface area contributed by atoms with E-state index in [0.717, 1.165) is 0 Å². The van der Waals surface area contributed by atoms with Gasteiger partial charge in [-0.25, -0.2) is 4.39 Å². The quantitative estimate of drug-likeness (QED) is 0.885. The highest BCUT2D eigenvalue weighted by Crippen LogP contribution is 2.27. The molecule has 0 radical (unpaired) electrons. The van der Waals surface area contributed by atoms with E-state index in [-0.39, 0.29) is 11.9 Å². The fourth-order valence-electron chi connectivity index (χ4n) is 2.13. The standard InChI is InChI=1S/C16H20FNOS/c1-11(2)18(10-14-5-4-8-20-14)16-7-6-13(12(3)19)9-15(16)17/h4-9,11-12,19H,10H2,1-3H3/t12-/m1/s1. The number of anilines is 1.